The molecule has 0 saturated heterocycles. The molecule has 0 fully saturated rings. The SMILES string of the molecule is COc1ccc(Nc2cccc(Nc3ccc(OC)cc3)c2Nc2ccc(OC)cc2)cc1. The molecule has 0 radical (unpaired) electrons. The maximum atomic E-state index is 5.29. The summed E-state index contributed by atoms with van der Waals surface area (Å²) in [5.74, 6) is 2.43. The van der Waals surface area contributed by atoms with Crippen LogP contribution in [0.4, 0.5) is 34.1 Å². The number of methoxy groups -OCH3 is 3. The third-order valence-electron chi connectivity index (χ3n) is 5.16. The molecular formula is C27H27N3O3. The van der Waals surface area contributed by atoms with Gasteiger partial charge >= 0.3 is 0 Å². The number of hydrogen-bond acceptors (Lipinski definition) is 6. The highest BCUT2D eigenvalue weighted by Gasteiger charge is 2.11. The van der Waals surface area contributed by atoms with E-state index in [1.165, 1.54) is 0 Å². The van der Waals surface area contributed by atoms with Gasteiger partial charge in [-0.1, -0.05) is 6.07 Å². The van der Waals surface area contributed by atoms with Crippen molar-refractivity contribution in [3.05, 3.63) is 91.0 Å². The Hall–Kier alpha value is -4.32. The second-order valence-electron chi connectivity index (χ2n) is 7.29. The molecule has 0 atom stereocenters. The van der Waals surface area contributed by atoms with Crippen molar-refractivity contribution in [2.75, 3.05) is 37.3 Å². The Labute approximate surface area is 194 Å². The van der Waals surface area contributed by atoms with Crippen LogP contribution in [0.3, 0.4) is 0 Å². The Kier molecular flexibility index (Phi) is 6.85. The number of para-hydroxylation sites is 1. The summed E-state index contributed by atoms with van der Waals surface area (Å²) in [6, 6.07) is 29.6. The van der Waals surface area contributed by atoms with Crippen LogP contribution in [0.1, 0.15) is 0 Å². The van der Waals surface area contributed by atoms with Gasteiger partial charge in [-0.15, -0.1) is 0 Å². The number of anilines is 6. The van der Waals surface area contributed by atoms with Gasteiger partial charge in [-0.2, -0.15) is 0 Å². The average Bonchev–Trinajstić information content (AvgIpc) is 2.87. The maximum absolute atomic E-state index is 5.29. The molecule has 0 amide bonds. The third-order valence-corrected chi connectivity index (χ3v) is 5.16. The number of nitrogens with one attached hydrogen (secondary N) is 3. The quantitative estimate of drug-likeness (QED) is 0.261. The Bertz CT molecular complexity index is 1110. The summed E-state index contributed by atoms with van der Waals surface area (Å²) in [5.41, 5.74) is 5.61. The molecule has 0 aliphatic rings. The van der Waals surface area contributed by atoms with Crippen molar-refractivity contribution in [3.8, 4) is 17.2 Å². The lowest BCUT2D eigenvalue weighted by Crippen LogP contribution is -2.02. The fourth-order valence-corrected chi connectivity index (χ4v) is 3.37. The van der Waals surface area contributed by atoms with Gasteiger partial charge in [0, 0.05) is 17.1 Å². The van der Waals surface area contributed by atoms with Crippen molar-refractivity contribution >= 4 is 34.1 Å². The van der Waals surface area contributed by atoms with Gasteiger partial charge in [-0.25, -0.2) is 0 Å². The molecule has 0 bridgehead atoms. The molecule has 0 saturated carbocycles. The summed E-state index contributed by atoms with van der Waals surface area (Å²) in [7, 11) is 4.98. The predicted molar refractivity (Wildman–Crippen MR) is 135 cm³/mol. The zero-order valence-electron chi connectivity index (χ0n) is 18.9. The Morgan fingerprint density at radius 2 is 0.758 bits per heavy atom. The van der Waals surface area contributed by atoms with Gasteiger partial charge in [-0.05, 0) is 84.9 Å². The van der Waals surface area contributed by atoms with Crippen molar-refractivity contribution in [2.24, 2.45) is 0 Å². The van der Waals surface area contributed by atoms with Gasteiger partial charge in [0.15, 0.2) is 0 Å². The van der Waals surface area contributed by atoms with E-state index in [0.29, 0.717) is 0 Å². The van der Waals surface area contributed by atoms with E-state index in [0.717, 1.165) is 51.4 Å². The lowest BCUT2D eigenvalue weighted by molar-refractivity contribution is 0.415. The minimum atomic E-state index is 0.807. The number of hydrogen-bond donors (Lipinski definition) is 3. The first kappa shape index (κ1) is 21.9. The number of benzene rings is 4. The van der Waals surface area contributed by atoms with E-state index < -0.39 is 0 Å². The van der Waals surface area contributed by atoms with Gasteiger partial charge in [0.05, 0.1) is 38.4 Å². The van der Waals surface area contributed by atoms with E-state index in [4.69, 9.17) is 14.2 Å². The summed E-state index contributed by atoms with van der Waals surface area (Å²) in [6.45, 7) is 0. The van der Waals surface area contributed by atoms with E-state index in [2.05, 4.69) is 16.0 Å². The van der Waals surface area contributed by atoms with Crippen LogP contribution >= 0.6 is 0 Å². The zero-order valence-corrected chi connectivity index (χ0v) is 18.9. The van der Waals surface area contributed by atoms with Crippen LogP contribution in [-0.4, -0.2) is 21.3 Å². The first-order chi connectivity index (χ1) is 16.2. The summed E-state index contributed by atoms with van der Waals surface area (Å²) in [6.07, 6.45) is 0. The fourth-order valence-electron chi connectivity index (χ4n) is 3.37. The Morgan fingerprint density at radius 3 is 1.09 bits per heavy atom. The molecule has 6 heteroatoms. The fraction of sp³-hybridized carbons (Fsp3) is 0.111. The number of ether oxygens (including phenoxy) is 3. The summed E-state index contributed by atoms with van der Waals surface area (Å²) >= 11 is 0. The lowest BCUT2D eigenvalue weighted by Gasteiger charge is -2.19. The van der Waals surface area contributed by atoms with Gasteiger partial charge in [0.2, 0.25) is 0 Å². The van der Waals surface area contributed by atoms with E-state index in [1.54, 1.807) is 21.3 Å². The normalized spacial score (nSPS) is 10.3. The molecular weight excluding hydrogens is 414 g/mol. The highest BCUT2D eigenvalue weighted by atomic mass is 16.5. The first-order valence-corrected chi connectivity index (χ1v) is 10.5. The largest absolute Gasteiger partial charge is 0.497 e. The molecule has 0 aliphatic heterocycles. The van der Waals surface area contributed by atoms with Crippen molar-refractivity contribution in [1.82, 2.24) is 0 Å². The molecule has 3 N–H and O–H groups in total. The molecule has 4 rings (SSSR count). The monoisotopic (exact) mass is 441 g/mol. The van der Waals surface area contributed by atoms with E-state index in [9.17, 15) is 0 Å². The second-order valence-corrected chi connectivity index (χ2v) is 7.29. The van der Waals surface area contributed by atoms with Crippen molar-refractivity contribution < 1.29 is 14.2 Å². The highest BCUT2D eigenvalue weighted by molar-refractivity contribution is 5.90. The maximum Gasteiger partial charge on any atom is 0.119 e. The molecule has 6 nitrogen and oxygen atoms in total. The highest BCUT2D eigenvalue weighted by Crippen LogP contribution is 2.37. The minimum absolute atomic E-state index is 0.807. The van der Waals surface area contributed by atoms with Gasteiger partial charge in [-0.3, -0.25) is 0 Å². The molecule has 0 heterocycles. The van der Waals surface area contributed by atoms with Crippen molar-refractivity contribution in [2.45, 2.75) is 0 Å². The summed E-state index contributed by atoms with van der Waals surface area (Å²) in [5, 5.41) is 10.6. The molecule has 33 heavy (non-hydrogen) atoms. The van der Waals surface area contributed by atoms with Crippen LogP contribution in [0.15, 0.2) is 91.0 Å². The number of rotatable bonds is 9. The van der Waals surface area contributed by atoms with Gasteiger partial charge in [0.1, 0.15) is 17.2 Å². The molecule has 0 aromatic heterocycles. The second kappa shape index (κ2) is 10.3. The summed E-state index contributed by atoms with van der Waals surface area (Å²) < 4.78 is 15.8. The van der Waals surface area contributed by atoms with Crippen LogP contribution in [0, 0.1) is 0 Å². The van der Waals surface area contributed by atoms with Crippen LogP contribution in [0.2, 0.25) is 0 Å². The van der Waals surface area contributed by atoms with Gasteiger partial charge < -0.3 is 30.2 Å². The van der Waals surface area contributed by atoms with E-state index in [1.807, 2.05) is 91.0 Å². The first-order valence-electron chi connectivity index (χ1n) is 10.5. The topological polar surface area (TPSA) is 63.8 Å². The summed E-state index contributed by atoms with van der Waals surface area (Å²) in [4.78, 5) is 0. The van der Waals surface area contributed by atoms with Crippen LogP contribution in [0.5, 0.6) is 17.2 Å². The lowest BCUT2D eigenvalue weighted by atomic mass is 10.1. The molecule has 4 aromatic carbocycles. The predicted octanol–water partition coefficient (Wildman–Crippen LogP) is 6.94. The van der Waals surface area contributed by atoms with E-state index in [-0.39, 0.29) is 0 Å². The zero-order chi connectivity index (χ0) is 23.0. The van der Waals surface area contributed by atoms with Crippen LogP contribution in [-0.2, 0) is 0 Å². The molecule has 4 aromatic rings. The molecule has 0 spiro atoms. The van der Waals surface area contributed by atoms with Crippen molar-refractivity contribution in [1.29, 1.82) is 0 Å². The standard InChI is InChI=1S/C27H27N3O3/c1-31-22-13-7-19(8-14-22)28-25-5-4-6-26(29-20-9-15-23(32-2)16-10-20)27(25)30-21-11-17-24(33-3)18-12-21/h4-18,28-30H,1-3H3. The van der Waals surface area contributed by atoms with Crippen LogP contribution < -0.4 is 30.2 Å². The Balaban J connectivity index is 1.67. The van der Waals surface area contributed by atoms with Crippen molar-refractivity contribution in [3.63, 3.8) is 0 Å². The molecule has 0 unspecified atom stereocenters. The smallest absolute Gasteiger partial charge is 0.119 e. The molecule has 168 valence electrons. The molecule has 0 aliphatic carbocycles. The minimum Gasteiger partial charge on any atom is -0.497 e. The van der Waals surface area contributed by atoms with E-state index >= 15 is 0 Å². The Morgan fingerprint density at radius 1 is 0.424 bits per heavy atom. The average molecular weight is 442 g/mol. The van der Waals surface area contributed by atoms with Gasteiger partial charge in [0.25, 0.3) is 0 Å². The third kappa shape index (κ3) is 5.49. The van der Waals surface area contributed by atoms with Crippen LogP contribution in [0.25, 0.3) is 0 Å².